The molecule has 0 aliphatic rings. The zero-order valence-corrected chi connectivity index (χ0v) is 8.97. The van der Waals surface area contributed by atoms with Crippen LogP contribution in [0, 0.1) is 10.1 Å². The first-order valence-corrected chi connectivity index (χ1v) is 4.52. The van der Waals surface area contributed by atoms with E-state index >= 15 is 0 Å². The summed E-state index contributed by atoms with van der Waals surface area (Å²) in [5, 5.41) is 10.4. The maximum Gasteiger partial charge on any atom is 0.330 e. The Labute approximate surface area is 92.2 Å². The zero-order valence-electron chi connectivity index (χ0n) is 8.97. The first-order chi connectivity index (χ1) is 7.39. The third-order valence-corrected chi connectivity index (χ3v) is 2.29. The minimum atomic E-state index is -1.30. The molecule has 1 atom stereocenters. The molecular formula is C10H12N2O4. The minimum absolute atomic E-state index is 0.0515. The van der Waals surface area contributed by atoms with Gasteiger partial charge in [-0.25, -0.2) is 4.79 Å². The highest BCUT2D eigenvalue weighted by molar-refractivity contribution is 5.81. The van der Waals surface area contributed by atoms with Gasteiger partial charge in [-0.2, -0.15) is 0 Å². The van der Waals surface area contributed by atoms with Crippen molar-refractivity contribution in [2.75, 3.05) is 7.11 Å². The Bertz CT molecular complexity index is 411. The smallest absolute Gasteiger partial charge is 0.330 e. The van der Waals surface area contributed by atoms with Crippen molar-refractivity contribution in [3.05, 3.63) is 39.9 Å². The monoisotopic (exact) mass is 224 g/mol. The van der Waals surface area contributed by atoms with E-state index in [2.05, 4.69) is 4.74 Å². The number of esters is 1. The van der Waals surface area contributed by atoms with Gasteiger partial charge in [-0.05, 0) is 24.6 Å². The van der Waals surface area contributed by atoms with Crippen LogP contribution in [0.5, 0.6) is 0 Å². The van der Waals surface area contributed by atoms with Gasteiger partial charge in [-0.3, -0.25) is 10.1 Å². The third-order valence-electron chi connectivity index (χ3n) is 2.29. The van der Waals surface area contributed by atoms with E-state index in [1.54, 1.807) is 0 Å². The van der Waals surface area contributed by atoms with E-state index in [1.165, 1.54) is 38.3 Å². The second-order valence-electron chi connectivity index (χ2n) is 3.50. The molecule has 0 saturated heterocycles. The number of rotatable bonds is 3. The number of methoxy groups -OCH3 is 1. The Morgan fingerprint density at radius 2 is 1.94 bits per heavy atom. The lowest BCUT2D eigenvalue weighted by atomic mass is 9.93. The Balaban J connectivity index is 3.06. The van der Waals surface area contributed by atoms with Crippen molar-refractivity contribution in [2.45, 2.75) is 12.5 Å². The molecule has 0 aliphatic heterocycles. The number of nitro benzene ring substituents is 1. The summed E-state index contributed by atoms with van der Waals surface area (Å²) in [6, 6.07) is 5.47. The number of nitro groups is 1. The summed E-state index contributed by atoms with van der Waals surface area (Å²) in [5.41, 5.74) is 4.88. The predicted molar refractivity (Wildman–Crippen MR) is 56.7 cm³/mol. The van der Waals surface area contributed by atoms with Crippen molar-refractivity contribution in [1.82, 2.24) is 0 Å². The van der Waals surface area contributed by atoms with Crippen molar-refractivity contribution in [3.8, 4) is 0 Å². The molecule has 1 aromatic rings. The van der Waals surface area contributed by atoms with Crippen LogP contribution in [0.4, 0.5) is 5.69 Å². The van der Waals surface area contributed by atoms with E-state index in [1.807, 2.05) is 0 Å². The molecule has 0 aliphatic carbocycles. The highest BCUT2D eigenvalue weighted by Crippen LogP contribution is 2.21. The Kier molecular flexibility index (Phi) is 3.24. The summed E-state index contributed by atoms with van der Waals surface area (Å²) >= 11 is 0. The summed E-state index contributed by atoms with van der Waals surface area (Å²) < 4.78 is 4.55. The standard InChI is InChI=1S/C10H12N2O4/c1-10(11,9(13)16-2)7-3-5-8(6-4-7)12(14)15/h3-6H,11H2,1-2H3/t10-/m1/s1. The minimum Gasteiger partial charge on any atom is -0.467 e. The predicted octanol–water partition coefficient (Wildman–Crippen LogP) is 0.942. The molecule has 0 spiro atoms. The van der Waals surface area contributed by atoms with Gasteiger partial charge in [-0.1, -0.05) is 0 Å². The lowest BCUT2D eigenvalue weighted by Crippen LogP contribution is -2.42. The third kappa shape index (κ3) is 2.17. The van der Waals surface area contributed by atoms with E-state index < -0.39 is 16.4 Å². The molecule has 6 nitrogen and oxygen atoms in total. The van der Waals surface area contributed by atoms with Crippen LogP contribution < -0.4 is 5.73 Å². The molecule has 0 saturated carbocycles. The van der Waals surface area contributed by atoms with E-state index in [-0.39, 0.29) is 5.69 Å². The van der Waals surface area contributed by atoms with Crippen molar-refractivity contribution in [1.29, 1.82) is 0 Å². The number of ether oxygens (including phenoxy) is 1. The molecule has 1 rings (SSSR count). The lowest BCUT2D eigenvalue weighted by molar-refractivity contribution is -0.384. The Hall–Kier alpha value is -1.95. The summed E-state index contributed by atoms with van der Waals surface area (Å²) in [4.78, 5) is 21.3. The number of nitrogens with zero attached hydrogens (tertiary/aromatic N) is 1. The molecule has 0 unspecified atom stereocenters. The number of carbonyl (C=O) groups is 1. The fourth-order valence-corrected chi connectivity index (χ4v) is 1.26. The largest absolute Gasteiger partial charge is 0.467 e. The van der Waals surface area contributed by atoms with Gasteiger partial charge in [0.15, 0.2) is 0 Å². The molecule has 2 N–H and O–H groups in total. The molecule has 1 aromatic carbocycles. The molecule has 0 heterocycles. The molecule has 16 heavy (non-hydrogen) atoms. The van der Waals surface area contributed by atoms with Gasteiger partial charge >= 0.3 is 5.97 Å². The van der Waals surface area contributed by atoms with Crippen LogP contribution in [0.1, 0.15) is 12.5 Å². The normalized spacial score (nSPS) is 13.9. The van der Waals surface area contributed by atoms with Crippen LogP contribution in [-0.2, 0) is 15.1 Å². The van der Waals surface area contributed by atoms with Crippen molar-refractivity contribution >= 4 is 11.7 Å². The molecule has 0 bridgehead atoms. The van der Waals surface area contributed by atoms with Gasteiger partial charge < -0.3 is 10.5 Å². The quantitative estimate of drug-likeness (QED) is 0.468. The summed E-state index contributed by atoms with van der Waals surface area (Å²) in [7, 11) is 1.23. The van der Waals surface area contributed by atoms with Crippen molar-refractivity contribution in [2.24, 2.45) is 5.73 Å². The summed E-state index contributed by atoms with van der Waals surface area (Å²) in [5.74, 6) is -0.596. The summed E-state index contributed by atoms with van der Waals surface area (Å²) in [6.45, 7) is 1.49. The number of carbonyl (C=O) groups excluding carboxylic acids is 1. The fourth-order valence-electron chi connectivity index (χ4n) is 1.26. The van der Waals surface area contributed by atoms with Crippen LogP contribution in [0.3, 0.4) is 0 Å². The van der Waals surface area contributed by atoms with Crippen LogP contribution in [0.2, 0.25) is 0 Å². The number of hydrogen-bond donors (Lipinski definition) is 1. The topological polar surface area (TPSA) is 95.5 Å². The second-order valence-corrected chi connectivity index (χ2v) is 3.50. The molecule has 6 heteroatoms. The van der Waals surface area contributed by atoms with Gasteiger partial charge in [0.2, 0.25) is 0 Å². The molecular weight excluding hydrogens is 212 g/mol. The van der Waals surface area contributed by atoms with Crippen LogP contribution in [0.15, 0.2) is 24.3 Å². The van der Waals surface area contributed by atoms with E-state index in [9.17, 15) is 14.9 Å². The molecule has 0 amide bonds. The average molecular weight is 224 g/mol. The number of benzene rings is 1. The van der Waals surface area contributed by atoms with Crippen LogP contribution >= 0.6 is 0 Å². The SMILES string of the molecule is COC(=O)[C@](C)(N)c1ccc([N+](=O)[O-])cc1. The average Bonchev–Trinajstić information content (AvgIpc) is 2.28. The maximum atomic E-state index is 11.4. The molecule has 0 radical (unpaired) electrons. The molecule has 0 aromatic heterocycles. The van der Waals surface area contributed by atoms with E-state index in [0.717, 1.165) is 0 Å². The molecule has 0 fully saturated rings. The van der Waals surface area contributed by atoms with Gasteiger partial charge in [0, 0.05) is 12.1 Å². The first kappa shape index (κ1) is 12.1. The van der Waals surface area contributed by atoms with Gasteiger partial charge in [0.25, 0.3) is 5.69 Å². The highest BCUT2D eigenvalue weighted by atomic mass is 16.6. The highest BCUT2D eigenvalue weighted by Gasteiger charge is 2.31. The van der Waals surface area contributed by atoms with Gasteiger partial charge in [0.05, 0.1) is 12.0 Å². The lowest BCUT2D eigenvalue weighted by Gasteiger charge is -2.21. The Morgan fingerprint density at radius 3 is 2.31 bits per heavy atom. The fraction of sp³-hybridized carbons (Fsp3) is 0.300. The summed E-state index contributed by atoms with van der Waals surface area (Å²) in [6.07, 6.45) is 0. The van der Waals surface area contributed by atoms with Gasteiger partial charge in [-0.15, -0.1) is 0 Å². The maximum absolute atomic E-state index is 11.4. The second kappa shape index (κ2) is 4.28. The number of nitrogens with two attached hydrogens (primary N) is 1. The Morgan fingerprint density at radius 1 is 1.44 bits per heavy atom. The number of non-ortho nitro benzene ring substituents is 1. The van der Waals surface area contributed by atoms with E-state index in [4.69, 9.17) is 5.73 Å². The molecule has 86 valence electrons. The van der Waals surface area contributed by atoms with Crippen LogP contribution in [-0.4, -0.2) is 18.0 Å². The first-order valence-electron chi connectivity index (χ1n) is 4.52. The van der Waals surface area contributed by atoms with E-state index in [0.29, 0.717) is 5.56 Å². The number of hydrogen-bond acceptors (Lipinski definition) is 5. The van der Waals surface area contributed by atoms with Crippen molar-refractivity contribution in [3.63, 3.8) is 0 Å². The zero-order chi connectivity index (χ0) is 12.3. The van der Waals surface area contributed by atoms with Gasteiger partial charge in [0.1, 0.15) is 5.54 Å². The van der Waals surface area contributed by atoms with Crippen molar-refractivity contribution < 1.29 is 14.5 Å². The van der Waals surface area contributed by atoms with Crippen LogP contribution in [0.25, 0.3) is 0 Å².